The first-order chi connectivity index (χ1) is 7.25. The number of hydrogen-bond donors (Lipinski definition) is 2. The molecule has 78 valence electrons. The van der Waals surface area contributed by atoms with Crippen LogP contribution in [0.2, 0.25) is 0 Å². The highest BCUT2D eigenvalue weighted by Gasteiger charge is 2.08. The standard InChI is InChI=1S/C7H6N4O2S2/c12-6(13)5-2-9-7(15-5)8-1-4-3-14-11-10-4/h2-3H,1H2,(H,8,9)(H,12,13). The number of thiazole rings is 1. The topological polar surface area (TPSA) is 88.0 Å². The number of carbonyl (C=O) groups is 1. The molecule has 0 radical (unpaired) electrons. The second-order valence-corrected chi connectivity index (χ2v) is 4.23. The number of carboxylic acid groups (broad SMARTS) is 1. The number of anilines is 1. The maximum atomic E-state index is 10.6. The Bertz CT molecular complexity index is 453. The average molecular weight is 242 g/mol. The van der Waals surface area contributed by atoms with Crippen LogP contribution < -0.4 is 5.32 Å². The molecule has 2 aromatic rings. The highest BCUT2D eigenvalue weighted by atomic mass is 32.1. The number of nitrogens with one attached hydrogen (secondary N) is 1. The Hall–Kier alpha value is -1.54. The average Bonchev–Trinajstić information content (AvgIpc) is 2.86. The Labute approximate surface area is 92.8 Å². The van der Waals surface area contributed by atoms with E-state index in [1.165, 1.54) is 17.7 Å². The second-order valence-electron chi connectivity index (χ2n) is 2.58. The first-order valence-corrected chi connectivity index (χ1v) is 5.60. The summed E-state index contributed by atoms with van der Waals surface area (Å²) in [4.78, 5) is 14.7. The molecule has 0 aliphatic carbocycles. The molecule has 0 aromatic carbocycles. The van der Waals surface area contributed by atoms with Crippen LogP contribution in [-0.4, -0.2) is 25.6 Å². The second kappa shape index (κ2) is 4.32. The Morgan fingerprint density at radius 1 is 1.60 bits per heavy atom. The zero-order valence-electron chi connectivity index (χ0n) is 7.38. The third-order valence-electron chi connectivity index (χ3n) is 1.54. The molecule has 2 aromatic heterocycles. The molecule has 0 unspecified atom stereocenters. The maximum Gasteiger partial charge on any atom is 0.347 e. The summed E-state index contributed by atoms with van der Waals surface area (Å²) in [5.74, 6) is -0.962. The van der Waals surface area contributed by atoms with Crippen LogP contribution in [0, 0.1) is 0 Å². The SMILES string of the molecule is O=C(O)c1cnc(NCc2csnn2)s1. The highest BCUT2D eigenvalue weighted by molar-refractivity contribution is 7.17. The number of aromatic carboxylic acids is 1. The zero-order valence-corrected chi connectivity index (χ0v) is 9.01. The van der Waals surface area contributed by atoms with Crippen molar-refractivity contribution in [2.45, 2.75) is 6.54 Å². The molecule has 2 heterocycles. The largest absolute Gasteiger partial charge is 0.477 e. The third kappa shape index (κ3) is 2.48. The van der Waals surface area contributed by atoms with Gasteiger partial charge in [0, 0.05) is 5.38 Å². The molecular formula is C7H6N4O2S2. The molecule has 0 atom stereocenters. The summed E-state index contributed by atoms with van der Waals surface area (Å²) >= 11 is 2.37. The molecule has 15 heavy (non-hydrogen) atoms. The van der Waals surface area contributed by atoms with Gasteiger partial charge >= 0.3 is 5.97 Å². The first kappa shape index (κ1) is 9.99. The van der Waals surface area contributed by atoms with E-state index in [1.54, 1.807) is 0 Å². The summed E-state index contributed by atoms with van der Waals surface area (Å²) in [5.41, 5.74) is 0.812. The highest BCUT2D eigenvalue weighted by Crippen LogP contribution is 2.18. The smallest absolute Gasteiger partial charge is 0.347 e. The molecular weight excluding hydrogens is 236 g/mol. The van der Waals surface area contributed by atoms with Gasteiger partial charge in [-0.3, -0.25) is 0 Å². The lowest BCUT2D eigenvalue weighted by molar-refractivity contribution is 0.0702. The van der Waals surface area contributed by atoms with Gasteiger partial charge in [-0.05, 0) is 11.5 Å². The number of nitrogens with zero attached hydrogens (tertiary/aromatic N) is 3. The fourth-order valence-corrected chi connectivity index (χ4v) is 1.98. The summed E-state index contributed by atoms with van der Waals surface area (Å²) in [6.45, 7) is 0.503. The fourth-order valence-electron chi connectivity index (χ4n) is 0.882. The Morgan fingerprint density at radius 3 is 3.07 bits per heavy atom. The van der Waals surface area contributed by atoms with E-state index in [1.807, 2.05) is 5.38 Å². The van der Waals surface area contributed by atoms with E-state index < -0.39 is 5.97 Å². The van der Waals surface area contributed by atoms with Gasteiger partial charge in [-0.25, -0.2) is 9.78 Å². The molecule has 6 nitrogen and oxygen atoms in total. The zero-order chi connectivity index (χ0) is 10.7. The lowest BCUT2D eigenvalue weighted by atomic mass is 10.5. The van der Waals surface area contributed by atoms with Gasteiger partial charge in [0.2, 0.25) is 0 Å². The summed E-state index contributed by atoms with van der Waals surface area (Å²) in [6.07, 6.45) is 1.33. The molecule has 0 fully saturated rings. The Morgan fingerprint density at radius 2 is 2.47 bits per heavy atom. The van der Waals surface area contributed by atoms with Gasteiger partial charge in [-0.15, -0.1) is 5.10 Å². The molecule has 0 saturated heterocycles. The molecule has 0 bridgehead atoms. The summed E-state index contributed by atoms with van der Waals surface area (Å²) in [7, 11) is 0. The van der Waals surface area contributed by atoms with Crippen molar-refractivity contribution in [1.29, 1.82) is 0 Å². The Balaban J connectivity index is 1.96. The van der Waals surface area contributed by atoms with Gasteiger partial charge in [0.1, 0.15) is 4.88 Å². The van der Waals surface area contributed by atoms with Crippen molar-refractivity contribution >= 4 is 34.0 Å². The monoisotopic (exact) mass is 242 g/mol. The van der Waals surface area contributed by atoms with Gasteiger partial charge in [-0.1, -0.05) is 15.8 Å². The number of hydrogen-bond acceptors (Lipinski definition) is 7. The fraction of sp³-hybridized carbons (Fsp3) is 0.143. The van der Waals surface area contributed by atoms with Crippen LogP contribution in [0.25, 0.3) is 0 Å². The molecule has 0 spiro atoms. The van der Waals surface area contributed by atoms with Gasteiger partial charge in [0.05, 0.1) is 18.4 Å². The molecule has 0 amide bonds. The molecule has 8 heteroatoms. The number of rotatable bonds is 4. The van der Waals surface area contributed by atoms with Crippen LogP contribution in [0.4, 0.5) is 5.13 Å². The summed E-state index contributed by atoms with van der Waals surface area (Å²) < 4.78 is 3.71. The van der Waals surface area contributed by atoms with Gasteiger partial charge in [-0.2, -0.15) is 0 Å². The van der Waals surface area contributed by atoms with Crippen molar-refractivity contribution in [3.05, 3.63) is 22.1 Å². The number of carboxylic acids is 1. The normalized spacial score (nSPS) is 10.1. The van der Waals surface area contributed by atoms with Crippen molar-refractivity contribution in [2.75, 3.05) is 5.32 Å². The van der Waals surface area contributed by atoms with E-state index in [4.69, 9.17) is 5.11 Å². The molecule has 2 N–H and O–H groups in total. The van der Waals surface area contributed by atoms with Crippen LogP contribution in [0.3, 0.4) is 0 Å². The molecule has 0 saturated carbocycles. The van der Waals surface area contributed by atoms with Gasteiger partial charge in [0.15, 0.2) is 5.13 Å². The minimum atomic E-state index is -0.962. The molecule has 0 aliphatic heterocycles. The van der Waals surface area contributed by atoms with E-state index in [9.17, 15) is 4.79 Å². The van der Waals surface area contributed by atoms with E-state index in [2.05, 4.69) is 19.9 Å². The minimum absolute atomic E-state index is 0.217. The first-order valence-electron chi connectivity index (χ1n) is 3.94. The summed E-state index contributed by atoms with van der Waals surface area (Å²) in [5, 5.41) is 17.9. The predicted molar refractivity (Wildman–Crippen MR) is 56.3 cm³/mol. The lowest BCUT2D eigenvalue weighted by Crippen LogP contribution is -1.98. The maximum absolute atomic E-state index is 10.6. The van der Waals surface area contributed by atoms with Crippen molar-refractivity contribution < 1.29 is 9.90 Å². The van der Waals surface area contributed by atoms with Gasteiger partial charge in [0.25, 0.3) is 0 Å². The van der Waals surface area contributed by atoms with E-state index >= 15 is 0 Å². The Kier molecular flexibility index (Phi) is 2.88. The van der Waals surface area contributed by atoms with Crippen molar-refractivity contribution in [1.82, 2.24) is 14.6 Å². The summed E-state index contributed by atoms with van der Waals surface area (Å²) in [6, 6.07) is 0. The van der Waals surface area contributed by atoms with Crippen LogP contribution in [0.1, 0.15) is 15.4 Å². The molecule has 2 rings (SSSR count). The van der Waals surface area contributed by atoms with E-state index in [-0.39, 0.29) is 4.88 Å². The van der Waals surface area contributed by atoms with Crippen LogP contribution >= 0.6 is 22.9 Å². The van der Waals surface area contributed by atoms with E-state index in [0.717, 1.165) is 17.0 Å². The number of aromatic nitrogens is 3. The van der Waals surface area contributed by atoms with Crippen LogP contribution in [-0.2, 0) is 6.54 Å². The van der Waals surface area contributed by atoms with Crippen molar-refractivity contribution in [2.24, 2.45) is 0 Å². The van der Waals surface area contributed by atoms with E-state index in [0.29, 0.717) is 11.7 Å². The van der Waals surface area contributed by atoms with Crippen molar-refractivity contribution in [3.8, 4) is 0 Å². The quantitative estimate of drug-likeness (QED) is 0.840. The minimum Gasteiger partial charge on any atom is -0.477 e. The van der Waals surface area contributed by atoms with Gasteiger partial charge < -0.3 is 10.4 Å². The van der Waals surface area contributed by atoms with Crippen LogP contribution in [0.5, 0.6) is 0 Å². The van der Waals surface area contributed by atoms with Crippen LogP contribution in [0.15, 0.2) is 11.6 Å². The van der Waals surface area contributed by atoms with Crippen molar-refractivity contribution in [3.63, 3.8) is 0 Å². The lowest BCUT2D eigenvalue weighted by Gasteiger charge is -1.96. The molecule has 0 aliphatic rings. The predicted octanol–water partition coefficient (Wildman–Crippen LogP) is 1.30. The third-order valence-corrected chi connectivity index (χ3v) is 3.04.